The van der Waals surface area contributed by atoms with Gasteiger partial charge in [0.15, 0.2) is 17.3 Å². The van der Waals surface area contributed by atoms with Crippen LogP contribution in [0.15, 0.2) is 53.2 Å². The Balaban J connectivity index is 1.38. The third-order valence-corrected chi connectivity index (χ3v) is 4.86. The molecule has 9 nitrogen and oxygen atoms in total. The topological polar surface area (TPSA) is 114 Å². The van der Waals surface area contributed by atoms with E-state index < -0.39 is 0 Å². The molecular weight excluding hydrogens is 382 g/mol. The third-order valence-electron chi connectivity index (χ3n) is 4.86. The van der Waals surface area contributed by atoms with Gasteiger partial charge in [-0.1, -0.05) is 30.3 Å². The minimum atomic E-state index is -0.208. The van der Waals surface area contributed by atoms with Gasteiger partial charge in [0.05, 0.1) is 12.1 Å². The second-order valence-electron chi connectivity index (χ2n) is 6.95. The molecule has 0 atom stereocenters. The predicted molar refractivity (Wildman–Crippen MR) is 110 cm³/mol. The molecule has 0 aliphatic carbocycles. The van der Waals surface area contributed by atoms with Gasteiger partial charge in [-0.05, 0) is 30.7 Å². The highest BCUT2D eigenvalue weighted by atomic mass is 16.5. The van der Waals surface area contributed by atoms with Crippen molar-refractivity contribution in [2.24, 2.45) is 0 Å². The predicted octanol–water partition coefficient (Wildman–Crippen LogP) is 3.14. The monoisotopic (exact) mass is 401 g/mol. The van der Waals surface area contributed by atoms with E-state index in [0.29, 0.717) is 34.4 Å². The molecule has 0 unspecified atom stereocenters. The second-order valence-corrected chi connectivity index (χ2v) is 6.95. The average Bonchev–Trinajstić information content (AvgIpc) is 3.50. The summed E-state index contributed by atoms with van der Waals surface area (Å²) in [6.45, 7) is 2.29. The van der Waals surface area contributed by atoms with Gasteiger partial charge in [-0.3, -0.25) is 9.20 Å². The van der Waals surface area contributed by atoms with E-state index >= 15 is 0 Å². The molecule has 0 saturated carbocycles. The zero-order chi connectivity index (χ0) is 20.5. The van der Waals surface area contributed by atoms with Gasteiger partial charge < -0.3 is 14.8 Å². The van der Waals surface area contributed by atoms with Gasteiger partial charge >= 0.3 is 0 Å². The SMILES string of the molecule is CCCc1noc(-c2cccn3c(CNC(=O)c4cc5ccccc5[nH]4)nnc23)n1. The summed E-state index contributed by atoms with van der Waals surface area (Å²) < 4.78 is 7.20. The molecule has 0 aliphatic heterocycles. The van der Waals surface area contributed by atoms with E-state index in [1.165, 1.54) is 0 Å². The van der Waals surface area contributed by atoms with Crippen molar-refractivity contribution in [2.45, 2.75) is 26.3 Å². The van der Waals surface area contributed by atoms with Crippen LogP contribution in [0.25, 0.3) is 28.0 Å². The van der Waals surface area contributed by atoms with Crippen LogP contribution in [0.1, 0.15) is 35.5 Å². The number of aromatic amines is 1. The number of benzene rings is 1. The van der Waals surface area contributed by atoms with Crippen molar-refractivity contribution in [1.82, 2.24) is 35.0 Å². The van der Waals surface area contributed by atoms with E-state index in [0.717, 1.165) is 23.7 Å². The summed E-state index contributed by atoms with van der Waals surface area (Å²) >= 11 is 0. The number of amides is 1. The first kappa shape index (κ1) is 18.0. The van der Waals surface area contributed by atoms with Crippen molar-refractivity contribution >= 4 is 22.5 Å². The highest BCUT2D eigenvalue weighted by molar-refractivity contribution is 5.97. The van der Waals surface area contributed by atoms with Gasteiger partial charge in [0.25, 0.3) is 11.8 Å². The fraction of sp³-hybridized carbons (Fsp3) is 0.190. The van der Waals surface area contributed by atoms with Crippen molar-refractivity contribution in [2.75, 3.05) is 0 Å². The third kappa shape index (κ3) is 3.20. The van der Waals surface area contributed by atoms with Gasteiger partial charge in [0.2, 0.25) is 0 Å². The molecule has 5 aromatic rings. The fourth-order valence-electron chi connectivity index (χ4n) is 3.39. The van der Waals surface area contributed by atoms with Crippen LogP contribution >= 0.6 is 0 Å². The number of carbonyl (C=O) groups is 1. The Bertz CT molecular complexity index is 1310. The number of hydrogen-bond donors (Lipinski definition) is 2. The molecule has 4 heterocycles. The van der Waals surface area contributed by atoms with E-state index in [1.54, 1.807) is 0 Å². The number of carbonyl (C=O) groups excluding carboxylic acids is 1. The van der Waals surface area contributed by atoms with Crippen LogP contribution in [0.2, 0.25) is 0 Å². The number of pyridine rings is 1. The van der Waals surface area contributed by atoms with Crippen LogP contribution in [0.4, 0.5) is 0 Å². The summed E-state index contributed by atoms with van der Waals surface area (Å²) in [5.41, 5.74) is 2.72. The molecule has 0 bridgehead atoms. The quantitative estimate of drug-likeness (QED) is 0.452. The minimum Gasteiger partial charge on any atom is -0.351 e. The second kappa shape index (κ2) is 7.43. The van der Waals surface area contributed by atoms with Gasteiger partial charge in [0, 0.05) is 23.5 Å². The summed E-state index contributed by atoms with van der Waals surface area (Å²) in [6.07, 6.45) is 3.53. The molecule has 9 heteroatoms. The lowest BCUT2D eigenvalue weighted by atomic mass is 10.2. The number of para-hydroxylation sites is 1. The molecule has 0 saturated heterocycles. The summed E-state index contributed by atoms with van der Waals surface area (Å²) in [4.78, 5) is 20.1. The van der Waals surface area contributed by atoms with E-state index in [9.17, 15) is 4.79 Å². The van der Waals surface area contributed by atoms with Crippen molar-refractivity contribution in [3.05, 3.63) is 66.0 Å². The Morgan fingerprint density at radius 3 is 2.97 bits per heavy atom. The first-order valence-corrected chi connectivity index (χ1v) is 9.74. The normalized spacial score (nSPS) is 11.4. The molecule has 0 spiro atoms. The van der Waals surface area contributed by atoms with Crippen LogP contribution in [0.5, 0.6) is 0 Å². The van der Waals surface area contributed by atoms with Crippen LogP contribution in [0.3, 0.4) is 0 Å². The summed E-state index contributed by atoms with van der Waals surface area (Å²) in [5.74, 6) is 1.47. The number of nitrogens with one attached hydrogen (secondary N) is 2. The molecule has 150 valence electrons. The Morgan fingerprint density at radius 2 is 2.10 bits per heavy atom. The standard InChI is InChI=1S/C21H19N7O2/c1-2-6-17-24-21(30-27-17)14-8-5-10-28-18(25-26-19(14)28)12-22-20(29)16-11-13-7-3-4-9-15(13)23-16/h3-5,7-11,23H,2,6,12H2,1H3,(H,22,29). The van der Waals surface area contributed by atoms with Gasteiger partial charge in [-0.2, -0.15) is 4.98 Å². The number of nitrogens with zero attached hydrogens (tertiary/aromatic N) is 5. The highest BCUT2D eigenvalue weighted by Crippen LogP contribution is 2.22. The number of aromatic nitrogens is 6. The van der Waals surface area contributed by atoms with Gasteiger partial charge in [-0.15, -0.1) is 10.2 Å². The Kier molecular flexibility index (Phi) is 4.47. The minimum absolute atomic E-state index is 0.208. The smallest absolute Gasteiger partial charge is 0.268 e. The number of aryl methyl sites for hydroxylation is 1. The molecule has 0 fully saturated rings. The van der Waals surface area contributed by atoms with Crippen LogP contribution in [0, 0.1) is 0 Å². The van der Waals surface area contributed by atoms with Crippen molar-refractivity contribution in [1.29, 1.82) is 0 Å². The summed E-state index contributed by atoms with van der Waals surface area (Å²) in [6, 6.07) is 13.3. The number of fused-ring (bicyclic) bond motifs is 2. The van der Waals surface area contributed by atoms with E-state index in [2.05, 4.69) is 37.6 Å². The van der Waals surface area contributed by atoms with E-state index in [4.69, 9.17) is 4.52 Å². The van der Waals surface area contributed by atoms with Crippen LogP contribution < -0.4 is 5.32 Å². The lowest BCUT2D eigenvalue weighted by Crippen LogP contribution is -2.24. The molecule has 0 radical (unpaired) electrons. The maximum atomic E-state index is 12.6. The van der Waals surface area contributed by atoms with Crippen molar-refractivity contribution in [3.8, 4) is 11.5 Å². The lowest BCUT2D eigenvalue weighted by Gasteiger charge is -2.03. The Morgan fingerprint density at radius 1 is 1.20 bits per heavy atom. The van der Waals surface area contributed by atoms with Crippen molar-refractivity contribution < 1.29 is 9.32 Å². The van der Waals surface area contributed by atoms with Crippen molar-refractivity contribution in [3.63, 3.8) is 0 Å². The Labute approximate surface area is 171 Å². The fourth-order valence-corrected chi connectivity index (χ4v) is 3.39. The first-order valence-electron chi connectivity index (χ1n) is 9.74. The van der Waals surface area contributed by atoms with Gasteiger partial charge in [0.1, 0.15) is 5.69 Å². The first-order chi connectivity index (χ1) is 14.7. The Hall–Kier alpha value is -4.01. The number of rotatable bonds is 6. The molecule has 2 N–H and O–H groups in total. The average molecular weight is 401 g/mol. The maximum absolute atomic E-state index is 12.6. The zero-order valence-electron chi connectivity index (χ0n) is 16.3. The molecule has 1 amide bonds. The van der Waals surface area contributed by atoms with Gasteiger partial charge in [-0.25, -0.2) is 0 Å². The molecular formula is C21H19N7O2. The molecule has 4 aromatic heterocycles. The molecule has 0 aliphatic rings. The largest absolute Gasteiger partial charge is 0.351 e. The number of hydrogen-bond acceptors (Lipinski definition) is 6. The van der Waals surface area contributed by atoms with E-state index in [1.807, 2.05) is 53.1 Å². The van der Waals surface area contributed by atoms with E-state index in [-0.39, 0.29) is 12.5 Å². The lowest BCUT2D eigenvalue weighted by molar-refractivity contribution is 0.0945. The highest BCUT2D eigenvalue weighted by Gasteiger charge is 2.17. The molecule has 1 aromatic carbocycles. The molecule has 5 rings (SSSR count). The van der Waals surface area contributed by atoms with Crippen LogP contribution in [-0.4, -0.2) is 35.6 Å². The maximum Gasteiger partial charge on any atom is 0.268 e. The summed E-state index contributed by atoms with van der Waals surface area (Å²) in [7, 11) is 0. The molecule has 30 heavy (non-hydrogen) atoms. The van der Waals surface area contributed by atoms with Crippen LogP contribution in [-0.2, 0) is 13.0 Å². The zero-order valence-corrected chi connectivity index (χ0v) is 16.3. The number of H-pyrrole nitrogens is 1. The summed E-state index contributed by atoms with van der Waals surface area (Å²) in [5, 5.41) is 16.4.